The van der Waals surface area contributed by atoms with Crippen molar-refractivity contribution < 1.29 is 9.59 Å². The van der Waals surface area contributed by atoms with Gasteiger partial charge in [-0.2, -0.15) is 0 Å². The Balaban J connectivity index is 2.05. The average molecular weight is 386 g/mol. The second-order valence-electron chi connectivity index (χ2n) is 5.00. The van der Waals surface area contributed by atoms with Crippen molar-refractivity contribution >= 4 is 52.3 Å². The fraction of sp³-hybridized carbons (Fsp3) is 0.176. The Kier molecular flexibility index (Phi) is 6.49. The first-order valence-corrected chi connectivity index (χ1v) is 8.29. The predicted octanol–water partition coefficient (Wildman–Crippen LogP) is 4.43. The van der Waals surface area contributed by atoms with Crippen LogP contribution in [0.4, 0.5) is 5.69 Å². The molecule has 4 nitrogen and oxygen atoms in total. The molecule has 0 radical (unpaired) electrons. The summed E-state index contributed by atoms with van der Waals surface area (Å²) < 4.78 is 0. The molecule has 126 valence electrons. The van der Waals surface area contributed by atoms with E-state index in [1.54, 1.807) is 42.5 Å². The number of anilines is 1. The van der Waals surface area contributed by atoms with Crippen LogP contribution in [0.15, 0.2) is 42.5 Å². The maximum Gasteiger partial charge on any atom is 0.252 e. The Morgan fingerprint density at radius 2 is 1.75 bits per heavy atom. The summed E-state index contributed by atoms with van der Waals surface area (Å²) in [6, 6.07) is 11.6. The Labute approximate surface area is 155 Å². The van der Waals surface area contributed by atoms with Gasteiger partial charge in [0, 0.05) is 25.0 Å². The standard InChI is InChI=1S/C17H15Cl3N2O2/c1-11(23)22(16-10-12(18)6-7-15(16)20)9-8-21-17(24)13-4-2-3-5-14(13)19/h2-7,10H,8-9H2,1H3,(H,21,24). The summed E-state index contributed by atoms with van der Waals surface area (Å²) in [4.78, 5) is 25.5. The van der Waals surface area contributed by atoms with E-state index in [1.807, 2.05) is 0 Å². The van der Waals surface area contributed by atoms with Crippen molar-refractivity contribution in [3.05, 3.63) is 63.1 Å². The molecule has 24 heavy (non-hydrogen) atoms. The first-order chi connectivity index (χ1) is 11.4. The Hall–Kier alpha value is -1.75. The van der Waals surface area contributed by atoms with E-state index in [4.69, 9.17) is 34.8 Å². The maximum absolute atomic E-state index is 12.1. The third kappa shape index (κ3) is 4.63. The monoisotopic (exact) mass is 384 g/mol. The second kappa shape index (κ2) is 8.38. The van der Waals surface area contributed by atoms with E-state index < -0.39 is 0 Å². The van der Waals surface area contributed by atoms with Crippen LogP contribution in [0.25, 0.3) is 0 Å². The highest BCUT2D eigenvalue weighted by molar-refractivity contribution is 6.36. The van der Waals surface area contributed by atoms with Crippen molar-refractivity contribution in [1.82, 2.24) is 5.32 Å². The number of amides is 2. The van der Waals surface area contributed by atoms with Crippen molar-refractivity contribution in [2.75, 3.05) is 18.0 Å². The third-order valence-corrected chi connectivity index (χ3v) is 4.20. The van der Waals surface area contributed by atoms with E-state index in [1.165, 1.54) is 11.8 Å². The van der Waals surface area contributed by atoms with Crippen LogP contribution in [0.5, 0.6) is 0 Å². The first-order valence-electron chi connectivity index (χ1n) is 7.16. The molecule has 0 spiro atoms. The lowest BCUT2D eigenvalue weighted by atomic mass is 10.2. The van der Waals surface area contributed by atoms with Crippen LogP contribution in [0.2, 0.25) is 15.1 Å². The molecule has 2 aromatic rings. The molecule has 2 rings (SSSR count). The van der Waals surface area contributed by atoms with Crippen molar-refractivity contribution in [3.8, 4) is 0 Å². The molecule has 2 amide bonds. The summed E-state index contributed by atoms with van der Waals surface area (Å²) in [6.45, 7) is 1.92. The molecular weight excluding hydrogens is 371 g/mol. The van der Waals surface area contributed by atoms with Gasteiger partial charge in [-0.25, -0.2) is 0 Å². The fourth-order valence-corrected chi connectivity index (χ4v) is 2.77. The van der Waals surface area contributed by atoms with Crippen LogP contribution in [0.1, 0.15) is 17.3 Å². The van der Waals surface area contributed by atoms with Gasteiger partial charge in [-0.1, -0.05) is 46.9 Å². The lowest BCUT2D eigenvalue weighted by molar-refractivity contribution is -0.116. The van der Waals surface area contributed by atoms with E-state index in [0.717, 1.165) is 0 Å². The molecule has 0 atom stereocenters. The van der Waals surface area contributed by atoms with Crippen LogP contribution < -0.4 is 10.2 Å². The number of rotatable bonds is 5. The number of nitrogens with zero attached hydrogens (tertiary/aromatic N) is 1. The van der Waals surface area contributed by atoms with Crippen molar-refractivity contribution in [3.63, 3.8) is 0 Å². The van der Waals surface area contributed by atoms with Crippen molar-refractivity contribution in [2.45, 2.75) is 6.92 Å². The van der Waals surface area contributed by atoms with Gasteiger partial charge in [-0.05, 0) is 30.3 Å². The van der Waals surface area contributed by atoms with Gasteiger partial charge in [0.25, 0.3) is 5.91 Å². The lowest BCUT2D eigenvalue weighted by Gasteiger charge is -2.22. The van der Waals surface area contributed by atoms with E-state index in [0.29, 0.717) is 26.3 Å². The average Bonchev–Trinajstić information content (AvgIpc) is 2.54. The lowest BCUT2D eigenvalue weighted by Crippen LogP contribution is -2.37. The van der Waals surface area contributed by atoms with E-state index in [-0.39, 0.29) is 24.9 Å². The van der Waals surface area contributed by atoms with Gasteiger partial charge < -0.3 is 10.2 Å². The quantitative estimate of drug-likeness (QED) is 0.827. The van der Waals surface area contributed by atoms with Gasteiger partial charge in [-0.15, -0.1) is 0 Å². The Bertz CT molecular complexity index is 765. The number of nitrogens with one attached hydrogen (secondary N) is 1. The molecule has 0 bridgehead atoms. The van der Waals surface area contributed by atoms with E-state index in [9.17, 15) is 9.59 Å². The minimum Gasteiger partial charge on any atom is -0.350 e. The molecule has 0 fully saturated rings. The molecule has 2 aromatic carbocycles. The Morgan fingerprint density at radius 1 is 1.04 bits per heavy atom. The highest BCUT2D eigenvalue weighted by atomic mass is 35.5. The summed E-state index contributed by atoms with van der Waals surface area (Å²) >= 11 is 18.1. The number of carbonyl (C=O) groups excluding carboxylic acids is 2. The molecule has 0 aliphatic rings. The predicted molar refractivity (Wildman–Crippen MR) is 98.3 cm³/mol. The summed E-state index contributed by atoms with van der Waals surface area (Å²) in [5.41, 5.74) is 0.887. The van der Waals surface area contributed by atoms with Crippen LogP contribution in [-0.2, 0) is 4.79 Å². The van der Waals surface area contributed by atoms with Crippen LogP contribution in [0.3, 0.4) is 0 Å². The Morgan fingerprint density at radius 3 is 2.42 bits per heavy atom. The highest BCUT2D eigenvalue weighted by Gasteiger charge is 2.16. The number of carbonyl (C=O) groups is 2. The zero-order valence-corrected chi connectivity index (χ0v) is 15.1. The number of hydrogen-bond donors (Lipinski definition) is 1. The second-order valence-corrected chi connectivity index (χ2v) is 6.25. The molecular formula is C17H15Cl3N2O2. The number of halogens is 3. The SMILES string of the molecule is CC(=O)N(CCNC(=O)c1ccccc1Cl)c1cc(Cl)ccc1Cl. The molecule has 0 aromatic heterocycles. The van der Waals surface area contributed by atoms with Gasteiger partial charge in [0.05, 0.1) is 21.3 Å². The van der Waals surface area contributed by atoms with Gasteiger partial charge in [0.15, 0.2) is 0 Å². The summed E-state index contributed by atoms with van der Waals surface area (Å²) in [5, 5.41) is 3.99. The zero-order chi connectivity index (χ0) is 17.7. The largest absolute Gasteiger partial charge is 0.350 e. The molecule has 7 heteroatoms. The maximum atomic E-state index is 12.1. The van der Waals surface area contributed by atoms with E-state index in [2.05, 4.69) is 5.32 Å². The summed E-state index contributed by atoms with van der Waals surface area (Å²) in [7, 11) is 0. The topological polar surface area (TPSA) is 49.4 Å². The number of hydrogen-bond acceptors (Lipinski definition) is 2. The first kappa shape index (κ1) is 18.6. The molecule has 1 N–H and O–H groups in total. The highest BCUT2D eigenvalue weighted by Crippen LogP contribution is 2.29. The summed E-state index contributed by atoms with van der Waals surface area (Å²) in [6.07, 6.45) is 0. The smallest absolute Gasteiger partial charge is 0.252 e. The number of benzene rings is 2. The molecule has 0 aliphatic heterocycles. The minimum absolute atomic E-state index is 0.203. The third-order valence-electron chi connectivity index (χ3n) is 3.32. The van der Waals surface area contributed by atoms with Crippen LogP contribution in [-0.4, -0.2) is 24.9 Å². The van der Waals surface area contributed by atoms with Gasteiger partial charge in [0.2, 0.25) is 5.91 Å². The van der Waals surface area contributed by atoms with Crippen molar-refractivity contribution in [1.29, 1.82) is 0 Å². The fourth-order valence-electron chi connectivity index (χ4n) is 2.16. The van der Waals surface area contributed by atoms with Crippen LogP contribution >= 0.6 is 34.8 Å². The molecule has 0 aliphatic carbocycles. The van der Waals surface area contributed by atoms with E-state index >= 15 is 0 Å². The van der Waals surface area contributed by atoms with Gasteiger partial charge >= 0.3 is 0 Å². The molecule has 0 unspecified atom stereocenters. The van der Waals surface area contributed by atoms with Gasteiger partial charge in [-0.3, -0.25) is 9.59 Å². The van der Waals surface area contributed by atoms with Crippen LogP contribution in [0, 0.1) is 0 Å². The normalized spacial score (nSPS) is 10.3. The molecule has 0 saturated carbocycles. The summed E-state index contributed by atoms with van der Waals surface area (Å²) in [5.74, 6) is -0.507. The van der Waals surface area contributed by atoms with Crippen molar-refractivity contribution in [2.24, 2.45) is 0 Å². The zero-order valence-electron chi connectivity index (χ0n) is 12.9. The molecule has 0 saturated heterocycles. The van der Waals surface area contributed by atoms with Gasteiger partial charge in [0.1, 0.15) is 0 Å². The minimum atomic E-state index is -0.304. The molecule has 0 heterocycles.